The van der Waals surface area contributed by atoms with Gasteiger partial charge in [-0.25, -0.2) is 13.2 Å². The molecule has 2 rings (SSSR count). The van der Waals surface area contributed by atoms with Crippen molar-refractivity contribution in [1.29, 1.82) is 0 Å². The topological polar surface area (TPSA) is 102 Å². The Balaban J connectivity index is 2.31. The van der Waals surface area contributed by atoms with Crippen molar-refractivity contribution in [1.82, 2.24) is 0 Å². The SMILES string of the molecule is CCOC(=O)c1ccc(C)c(NC(=O)C(C)N(c2ccc(OC)cc2)S(C)(=O)=O)c1. The summed E-state index contributed by atoms with van der Waals surface area (Å²) in [5.41, 5.74) is 1.75. The Hall–Kier alpha value is -3.07. The number of benzene rings is 2. The molecular weight excluding hydrogens is 408 g/mol. The molecule has 0 spiro atoms. The molecule has 1 N–H and O–H groups in total. The first-order valence-corrected chi connectivity index (χ1v) is 11.2. The van der Waals surface area contributed by atoms with E-state index in [0.717, 1.165) is 16.1 Å². The number of esters is 1. The molecule has 0 aliphatic heterocycles. The third-order valence-corrected chi connectivity index (χ3v) is 5.66. The van der Waals surface area contributed by atoms with Gasteiger partial charge < -0.3 is 14.8 Å². The van der Waals surface area contributed by atoms with E-state index in [1.54, 1.807) is 50.2 Å². The van der Waals surface area contributed by atoms with E-state index in [0.29, 0.717) is 22.7 Å². The third kappa shape index (κ3) is 5.50. The molecule has 8 nitrogen and oxygen atoms in total. The average molecular weight is 435 g/mol. The summed E-state index contributed by atoms with van der Waals surface area (Å²) in [5.74, 6) is -0.479. The molecule has 0 saturated carbocycles. The lowest BCUT2D eigenvalue weighted by Gasteiger charge is -2.28. The number of ether oxygens (including phenoxy) is 2. The van der Waals surface area contributed by atoms with Crippen LogP contribution in [0.15, 0.2) is 42.5 Å². The number of methoxy groups -OCH3 is 1. The van der Waals surface area contributed by atoms with Crippen molar-refractivity contribution < 1.29 is 27.5 Å². The fourth-order valence-electron chi connectivity index (χ4n) is 2.87. The zero-order valence-corrected chi connectivity index (χ0v) is 18.4. The highest BCUT2D eigenvalue weighted by Gasteiger charge is 2.29. The predicted molar refractivity (Wildman–Crippen MR) is 116 cm³/mol. The fourth-order valence-corrected chi connectivity index (χ4v) is 4.05. The highest BCUT2D eigenvalue weighted by molar-refractivity contribution is 7.92. The second kappa shape index (κ2) is 9.62. The molecular formula is C21H26N2O6S. The maximum absolute atomic E-state index is 12.9. The second-order valence-electron chi connectivity index (χ2n) is 6.67. The Labute approximate surface area is 176 Å². The number of hydrogen-bond donors (Lipinski definition) is 1. The van der Waals surface area contributed by atoms with Crippen molar-refractivity contribution in [3.8, 4) is 5.75 Å². The molecule has 0 heterocycles. The van der Waals surface area contributed by atoms with E-state index in [1.807, 2.05) is 0 Å². The normalized spacial score (nSPS) is 12.0. The summed E-state index contributed by atoms with van der Waals surface area (Å²) in [7, 11) is -2.25. The first-order chi connectivity index (χ1) is 14.1. The molecule has 1 unspecified atom stereocenters. The molecule has 0 saturated heterocycles. The van der Waals surface area contributed by atoms with Gasteiger partial charge in [0.1, 0.15) is 11.8 Å². The number of carbonyl (C=O) groups is 2. The van der Waals surface area contributed by atoms with Crippen molar-refractivity contribution in [3.05, 3.63) is 53.6 Å². The van der Waals surface area contributed by atoms with Gasteiger partial charge in [-0.05, 0) is 62.7 Å². The summed E-state index contributed by atoms with van der Waals surface area (Å²) in [6, 6.07) is 10.1. The summed E-state index contributed by atoms with van der Waals surface area (Å²) >= 11 is 0. The van der Waals surface area contributed by atoms with Gasteiger partial charge in [0.05, 0.1) is 31.2 Å². The van der Waals surface area contributed by atoms with Crippen molar-refractivity contribution in [2.45, 2.75) is 26.8 Å². The van der Waals surface area contributed by atoms with Gasteiger partial charge in [-0.1, -0.05) is 6.07 Å². The van der Waals surface area contributed by atoms with Gasteiger partial charge in [-0.3, -0.25) is 9.10 Å². The molecule has 9 heteroatoms. The summed E-state index contributed by atoms with van der Waals surface area (Å²) in [6.45, 7) is 5.20. The molecule has 0 aliphatic rings. The zero-order chi connectivity index (χ0) is 22.5. The van der Waals surface area contributed by atoms with Crippen LogP contribution in [-0.4, -0.2) is 46.3 Å². The summed E-state index contributed by atoms with van der Waals surface area (Å²) < 4.78 is 36.0. The maximum atomic E-state index is 12.9. The third-order valence-electron chi connectivity index (χ3n) is 4.42. The van der Waals surface area contributed by atoms with Crippen molar-refractivity contribution in [2.24, 2.45) is 0 Å². The number of aryl methyl sites for hydroxylation is 1. The number of hydrogen-bond acceptors (Lipinski definition) is 6. The van der Waals surface area contributed by atoms with Crippen LogP contribution in [0, 0.1) is 6.92 Å². The first-order valence-electron chi connectivity index (χ1n) is 9.30. The van der Waals surface area contributed by atoms with Gasteiger partial charge in [0, 0.05) is 5.69 Å². The van der Waals surface area contributed by atoms with Crippen LogP contribution < -0.4 is 14.4 Å². The van der Waals surface area contributed by atoms with Crippen LogP contribution in [0.1, 0.15) is 29.8 Å². The molecule has 0 fully saturated rings. The van der Waals surface area contributed by atoms with Gasteiger partial charge in [-0.2, -0.15) is 0 Å². The molecule has 162 valence electrons. The van der Waals surface area contributed by atoms with Gasteiger partial charge in [0.15, 0.2) is 0 Å². The Morgan fingerprint density at radius 3 is 2.30 bits per heavy atom. The molecule has 0 aromatic heterocycles. The Bertz CT molecular complexity index is 1020. The number of anilines is 2. The average Bonchev–Trinajstić information content (AvgIpc) is 2.69. The predicted octanol–water partition coefficient (Wildman–Crippen LogP) is 2.97. The minimum absolute atomic E-state index is 0.233. The lowest BCUT2D eigenvalue weighted by atomic mass is 10.1. The number of carbonyl (C=O) groups excluding carboxylic acids is 2. The van der Waals surface area contributed by atoms with E-state index in [4.69, 9.17) is 9.47 Å². The van der Waals surface area contributed by atoms with Crippen LogP contribution in [0.4, 0.5) is 11.4 Å². The molecule has 0 bridgehead atoms. The fraction of sp³-hybridized carbons (Fsp3) is 0.333. The number of nitrogens with zero attached hydrogens (tertiary/aromatic N) is 1. The van der Waals surface area contributed by atoms with Gasteiger partial charge >= 0.3 is 5.97 Å². The zero-order valence-electron chi connectivity index (χ0n) is 17.6. The smallest absolute Gasteiger partial charge is 0.338 e. The lowest BCUT2D eigenvalue weighted by Crippen LogP contribution is -2.45. The number of nitrogens with one attached hydrogen (secondary N) is 1. The Kier molecular flexibility index (Phi) is 7.44. The minimum Gasteiger partial charge on any atom is -0.497 e. The van der Waals surface area contributed by atoms with Crippen molar-refractivity contribution in [3.63, 3.8) is 0 Å². The van der Waals surface area contributed by atoms with E-state index in [1.165, 1.54) is 20.1 Å². The highest BCUT2D eigenvalue weighted by atomic mass is 32.2. The van der Waals surface area contributed by atoms with E-state index < -0.39 is 27.9 Å². The monoisotopic (exact) mass is 434 g/mol. The van der Waals surface area contributed by atoms with E-state index in [9.17, 15) is 18.0 Å². The van der Waals surface area contributed by atoms with Crippen LogP contribution in [0.2, 0.25) is 0 Å². The maximum Gasteiger partial charge on any atom is 0.338 e. The van der Waals surface area contributed by atoms with Crippen molar-refractivity contribution in [2.75, 3.05) is 29.6 Å². The second-order valence-corrected chi connectivity index (χ2v) is 8.53. The van der Waals surface area contributed by atoms with E-state index in [2.05, 4.69) is 5.32 Å². The van der Waals surface area contributed by atoms with E-state index in [-0.39, 0.29) is 6.61 Å². The molecule has 30 heavy (non-hydrogen) atoms. The largest absolute Gasteiger partial charge is 0.497 e. The molecule has 1 atom stereocenters. The molecule has 1 amide bonds. The minimum atomic E-state index is -3.76. The Morgan fingerprint density at radius 1 is 1.13 bits per heavy atom. The van der Waals surface area contributed by atoms with Crippen LogP contribution in [0.25, 0.3) is 0 Å². The molecule has 2 aromatic rings. The molecule has 2 aromatic carbocycles. The number of sulfonamides is 1. The van der Waals surface area contributed by atoms with Gasteiger partial charge in [-0.15, -0.1) is 0 Å². The van der Waals surface area contributed by atoms with Crippen LogP contribution in [0.3, 0.4) is 0 Å². The summed E-state index contributed by atoms with van der Waals surface area (Å²) in [4.78, 5) is 24.9. The summed E-state index contributed by atoms with van der Waals surface area (Å²) in [6.07, 6.45) is 1.04. The number of rotatable bonds is 8. The standard InChI is InChI=1S/C21H26N2O6S/c1-6-29-21(25)16-8-7-14(2)19(13-16)22-20(24)15(3)23(30(5,26)27)17-9-11-18(28-4)12-10-17/h7-13,15H,6H2,1-5H3,(H,22,24). The Morgan fingerprint density at radius 2 is 1.77 bits per heavy atom. The van der Waals surface area contributed by atoms with Crippen LogP contribution in [-0.2, 0) is 19.6 Å². The molecule has 0 aliphatic carbocycles. The van der Waals surface area contributed by atoms with Crippen LogP contribution >= 0.6 is 0 Å². The van der Waals surface area contributed by atoms with Crippen molar-refractivity contribution >= 4 is 33.3 Å². The molecule has 0 radical (unpaired) electrons. The van der Waals surface area contributed by atoms with Gasteiger partial charge in [0.25, 0.3) is 0 Å². The number of amides is 1. The quantitative estimate of drug-likeness (QED) is 0.641. The van der Waals surface area contributed by atoms with E-state index >= 15 is 0 Å². The first kappa shape index (κ1) is 23.2. The lowest BCUT2D eigenvalue weighted by molar-refractivity contribution is -0.116. The highest BCUT2D eigenvalue weighted by Crippen LogP contribution is 2.25. The summed E-state index contributed by atoms with van der Waals surface area (Å²) in [5, 5.41) is 2.71. The van der Waals surface area contributed by atoms with Crippen LogP contribution in [0.5, 0.6) is 5.75 Å². The van der Waals surface area contributed by atoms with Gasteiger partial charge in [0.2, 0.25) is 15.9 Å².